The fourth-order valence-corrected chi connectivity index (χ4v) is 4.61. The van der Waals surface area contributed by atoms with Crippen LogP contribution in [0.1, 0.15) is 101 Å². The molecule has 0 saturated heterocycles. The third-order valence-corrected chi connectivity index (χ3v) is 6.72. The summed E-state index contributed by atoms with van der Waals surface area (Å²) in [6.07, 6.45) is 6.40. The predicted molar refractivity (Wildman–Crippen MR) is 126 cm³/mol. The zero-order valence-electron chi connectivity index (χ0n) is 19.9. The molecule has 1 aliphatic rings. The van der Waals surface area contributed by atoms with Crippen LogP contribution in [0, 0.1) is 12.8 Å². The topological polar surface area (TPSA) is 42.2 Å². The Morgan fingerprint density at radius 3 is 1.93 bits per heavy atom. The standard InChI is InChI=1S/C27H39NO2/c1-18-23(25(29)30)16-24(28(18)17-19-11-9-8-10-12-19)20-13-21(26(2,3)4)15-22(14-20)27(5,6)7/h13-16,19H,8-12,17H2,1-7H3,(H,29,30). The van der Waals surface area contributed by atoms with Gasteiger partial charge in [-0.3, -0.25) is 0 Å². The minimum atomic E-state index is -0.834. The minimum Gasteiger partial charge on any atom is -0.478 e. The van der Waals surface area contributed by atoms with E-state index in [4.69, 9.17) is 0 Å². The van der Waals surface area contributed by atoms with E-state index in [0.717, 1.165) is 23.5 Å². The summed E-state index contributed by atoms with van der Waals surface area (Å²) >= 11 is 0. The van der Waals surface area contributed by atoms with Gasteiger partial charge < -0.3 is 9.67 Å². The molecule has 1 aliphatic carbocycles. The monoisotopic (exact) mass is 409 g/mol. The molecule has 2 aromatic rings. The summed E-state index contributed by atoms with van der Waals surface area (Å²) < 4.78 is 2.29. The minimum absolute atomic E-state index is 0.0292. The molecule has 1 aromatic carbocycles. The fraction of sp³-hybridized carbons (Fsp3) is 0.593. The van der Waals surface area contributed by atoms with E-state index in [1.807, 2.05) is 13.0 Å². The van der Waals surface area contributed by atoms with Gasteiger partial charge >= 0.3 is 5.97 Å². The Labute approximate surface area is 182 Å². The zero-order chi connectivity index (χ0) is 22.3. The lowest BCUT2D eigenvalue weighted by atomic mass is 9.79. The number of carbonyl (C=O) groups is 1. The van der Waals surface area contributed by atoms with Gasteiger partial charge in [-0.25, -0.2) is 4.79 Å². The van der Waals surface area contributed by atoms with Gasteiger partial charge in [0.15, 0.2) is 0 Å². The van der Waals surface area contributed by atoms with E-state index in [1.165, 1.54) is 43.2 Å². The molecular formula is C27H39NO2. The molecule has 0 atom stereocenters. The molecule has 0 radical (unpaired) electrons. The normalized spacial score (nSPS) is 16.1. The Bertz CT molecular complexity index is 883. The van der Waals surface area contributed by atoms with E-state index in [2.05, 4.69) is 64.3 Å². The maximum atomic E-state index is 11.9. The van der Waals surface area contributed by atoms with Crippen LogP contribution in [-0.4, -0.2) is 15.6 Å². The van der Waals surface area contributed by atoms with Gasteiger partial charge in [0.1, 0.15) is 0 Å². The summed E-state index contributed by atoms with van der Waals surface area (Å²) in [5, 5.41) is 9.81. The Balaban J connectivity index is 2.18. The molecular weight excluding hydrogens is 370 g/mol. The lowest BCUT2D eigenvalue weighted by molar-refractivity contribution is 0.0696. The van der Waals surface area contributed by atoms with Crippen LogP contribution < -0.4 is 0 Å². The fourth-order valence-electron chi connectivity index (χ4n) is 4.61. The van der Waals surface area contributed by atoms with Gasteiger partial charge in [0.25, 0.3) is 0 Å². The molecule has 164 valence electrons. The number of benzene rings is 1. The number of carboxylic acid groups (broad SMARTS) is 1. The summed E-state index contributed by atoms with van der Waals surface area (Å²) in [5.41, 5.74) is 6.14. The van der Waals surface area contributed by atoms with E-state index in [-0.39, 0.29) is 10.8 Å². The molecule has 0 spiro atoms. The van der Waals surface area contributed by atoms with Crippen LogP contribution in [0.25, 0.3) is 11.3 Å². The summed E-state index contributed by atoms with van der Waals surface area (Å²) in [6, 6.07) is 8.76. The molecule has 0 bridgehead atoms. The van der Waals surface area contributed by atoms with E-state index in [1.54, 1.807) is 0 Å². The van der Waals surface area contributed by atoms with Gasteiger partial charge in [0.05, 0.1) is 5.56 Å². The zero-order valence-corrected chi connectivity index (χ0v) is 19.9. The number of aromatic carboxylic acids is 1. The van der Waals surface area contributed by atoms with Gasteiger partial charge in [-0.1, -0.05) is 66.9 Å². The molecule has 1 heterocycles. The van der Waals surface area contributed by atoms with E-state index < -0.39 is 5.97 Å². The lowest BCUT2D eigenvalue weighted by Crippen LogP contribution is -2.18. The number of nitrogens with zero attached hydrogens (tertiary/aromatic N) is 1. The molecule has 1 fully saturated rings. The van der Waals surface area contributed by atoms with E-state index in [0.29, 0.717) is 11.5 Å². The predicted octanol–water partition coefficient (Wildman–Crippen LogP) is 7.34. The highest BCUT2D eigenvalue weighted by molar-refractivity contribution is 5.91. The second kappa shape index (κ2) is 8.24. The van der Waals surface area contributed by atoms with Crippen LogP contribution in [0.3, 0.4) is 0 Å². The van der Waals surface area contributed by atoms with Crippen LogP contribution in [0.15, 0.2) is 24.3 Å². The largest absolute Gasteiger partial charge is 0.478 e. The third kappa shape index (κ3) is 4.82. The Morgan fingerprint density at radius 1 is 0.933 bits per heavy atom. The first kappa shape index (κ1) is 22.7. The van der Waals surface area contributed by atoms with Crippen LogP contribution in [0.4, 0.5) is 0 Å². The Kier molecular flexibility index (Phi) is 6.23. The van der Waals surface area contributed by atoms with Crippen LogP contribution >= 0.6 is 0 Å². The molecule has 30 heavy (non-hydrogen) atoms. The van der Waals surface area contributed by atoms with Crippen molar-refractivity contribution in [1.29, 1.82) is 0 Å². The molecule has 1 N–H and O–H groups in total. The number of rotatable bonds is 4. The van der Waals surface area contributed by atoms with Gasteiger partial charge in [-0.15, -0.1) is 0 Å². The maximum absolute atomic E-state index is 11.9. The van der Waals surface area contributed by atoms with Crippen LogP contribution in [0.5, 0.6) is 0 Å². The molecule has 3 heteroatoms. The van der Waals surface area contributed by atoms with Crippen molar-refractivity contribution in [3.8, 4) is 11.3 Å². The van der Waals surface area contributed by atoms with Crippen molar-refractivity contribution in [1.82, 2.24) is 4.57 Å². The third-order valence-electron chi connectivity index (χ3n) is 6.72. The molecule has 3 rings (SSSR count). The molecule has 1 aromatic heterocycles. The van der Waals surface area contributed by atoms with Crippen molar-refractivity contribution < 1.29 is 9.90 Å². The molecule has 0 amide bonds. The molecule has 0 unspecified atom stereocenters. The van der Waals surface area contributed by atoms with Crippen molar-refractivity contribution in [3.05, 3.63) is 46.6 Å². The first-order valence-electron chi connectivity index (χ1n) is 11.5. The summed E-state index contributed by atoms with van der Waals surface area (Å²) in [6.45, 7) is 16.3. The Morgan fingerprint density at radius 2 is 1.47 bits per heavy atom. The smallest absolute Gasteiger partial charge is 0.337 e. The van der Waals surface area contributed by atoms with Gasteiger partial charge in [-0.05, 0) is 71.4 Å². The number of hydrogen-bond acceptors (Lipinski definition) is 1. The van der Waals surface area contributed by atoms with Crippen molar-refractivity contribution in [2.24, 2.45) is 5.92 Å². The average Bonchev–Trinajstić information content (AvgIpc) is 2.97. The summed E-state index contributed by atoms with van der Waals surface area (Å²) in [5.74, 6) is -0.197. The number of carboxylic acids is 1. The van der Waals surface area contributed by atoms with Gasteiger partial charge in [0, 0.05) is 17.9 Å². The highest BCUT2D eigenvalue weighted by Crippen LogP contribution is 2.36. The summed E-state index contributed by atoms with van der Waals surface area (Å²) in [4.78, 5) is 11.9. The molecule has 0 aliphatic heterocycles. The highest BCUT2D eigenvalue weighted by atomic mass is 16.4. The SMILES string of the molecule is Cc1c(C(=O)O)cc(-c2cc(C(C)(C)C)cc(C(C)(C)C)c2)n1CC1CCCCC1. The van der Waals surface area contributed by atoms with Gasteiger partial charge in [-0.2, -0.15) is 0 Å². The summed E-state index contributed by atoms with van der Waals surface area (Å²) in [7, 11) is 0. The van der Waals surface area contributed by atoms with E-state index in [9.17, 15) is 9.90 Å². The van der Waals surface area contributed by atoms with Crippen molar-refractivity contribution >= 4 is 5.97 Å². The molecule has 1 saturated carbocycles. The van der Waals surface area contributed by atoms with Crippen LogP contribution in [-0.2, 0) is 17.4 Å². The van der Waals surface area contributed by atoms with Crippen molar-refractivity contribution in [2.75, 3.05) is 0 Å². The van der Waals surface area contributed by atoms with Gasteiger partial charge in [0.2, 0.25) is 0 Å². The Hall–Kier alpha value is -2.03. The molecule has 3 nitrogen and oxygen atoms in total. The lowest BCUT2D eigenvalue weighted by Gasteiger charge is -2.27. The highest BCUT2D eigenvalue weighted by Gasteiger charge is 2.25. The maximum Gasteiger partial charge on any atom is 0.337 e. The average molecular weight is 410 g/mol. The first-order valence-corrected chi connectivity index (χ1v) is 11.5. The quantitative estimate of drug-likeness (QED) is 0.574. The number of aromatic nitrogens is 1. The second-order valence-corrected chi connectivity index (χ2v) is 11.2. The number of hydrogen-bond donors (Lipinski definition) is 1. The van der Waals surface area contributed by atoms with Crippen molar-refractivity contribution in [2.45, 2.75) is 97.9 Å². The van der Waals surface area contributed by atoms with Crippen LogP contribution in [0.2, 0.25) is 0 Å². The first-order chi connectivity index (χ1) is 13.9. The second-order valence-electron chi connectivity index (χ2n) is 11.2. The van der Waals surface area contributed by atoms with Crippen molar-refractivity contribution in [3.63, 3.8) is 0 Å². The van der Waals surface area contributed by atoms with E-state index >= 15 is 0 Å².